The lowest BCUT2D eigenvalue weighted by atomic mass is 10.0. The van der Waals surface area contributed by atoms with E-state index in [1.165, 1.54) is 0 Å². The van der Waals surface area contributed by atoms with E-state index in [9.17, 15) is 4.79 Å². The van der Waals surface area contributed by atoms with Gasteiger partial charge in [0.25, 0.3) is 0 Å². The lowest BCUT2D eigenvalue weighted by molar-refractivity contribution is -0.143. The van der Waals surface area contributed by atoms with Crippen LogP contribution in [-0.4, -0.2) is 29.2 Å². The second-order valence-electron chi connectivity index (χ2n) is 2.43. The maximum atomic E-state index is 10.5. The Morgan fingerprint density at radius 3 is 2.70 bits per heavy atom. The molecule has 3 nitrogen and oxygen atoms in total. The minimum atomic E-state index is -1.15. The Hall–Kier alpha value is -0.280. The summed E-state index contributed by atoms with van der Waals surface area (Å²) in [5.74, 6) is -0.978. The molecule has 0 amide bonds. The summed E-state index contributed by atoms with van der Waals surface area (Å²) in [7, 11) is 0. The Kier molecular flexibility index (Phi) is 2.16. The standard InChI is InChI=1S/C6H9ClO3/c7-6(5(8)9)2-1-3-10-4-6/h1-4H2,(H,8,9). The van der Waals surface area contributed by atoms with Crippen molar-refractivity contribution < 1.29 is 14.6 Å². The molecule has 0 radical (unpaired) electrons. The molecule has 0 spiro atoms. The second-order valence-corrected chi connectivity index (χ2v) is 3.15. The van der Waals surface area contributed by atoms with E-state index >= 15 is 0 Å². The van der Waals surface area contributed by atoms with Crippen molar-refractivity contribution in [2.75, 3.05) is 13.2 Å². The van der Waals surface area contributed by atoms with Crippen molar-refractivity contribution in [2.24, 2.45) is 0 Å². The predicted octanol–water partition coefficient (Wildman–Crippen LogP) is 0.859. The lowest BCUT2D eigenvalue weighted by Gasteiger charge is -2.26. The summed E-state index contributed by atoms with van der Waals surface area (Å²) in [4.78, 5) is 9.31. The molecular weight excluding hydrogens is 156 g/mol. The van der Waals surface area contributed by atoms with Crippen LogP contribution in [0.25, 0.3) is 0 Å². The maximum absolute atomic E-state index is 10.5. The zero-order valence-electron chi connectivity index (χ0n) is 5.47. The van der Waals surface area contributed by atoms with Crippen molar-refractivity contribution >= 4 is 17.6 Å². The molecule has 0 aliphatic carbocycles. The Bertz CT molecular complexity index is 140. The molecule has 1 atom stereocenters. The Balaban J connectivity index is 2.56. The van der Waals surface area contributed by atoms with Crippen molar-refractivity contribution in [2.45, 2.75) is 17.7 Å². The number of carbonyl (C=O) groups is 1. The van der Waals surface area contributed by atoms with E-state index in [-0.39, 0.29) is 6.61 Å². The summed E-state index contributed by atoms with van der Waals surface area (Å²) in [6.07, 6.45) is 1.24. The Morgan fingerprint density at radius 1 is 1.70 bits per heavy atom. The van der Waals surface area contributed by atoms with Crippen molar-refractivity contribution in [1.29, 1.82) is 0 Å². The summed E-state index contributed by atoms with van der Waals surface area (Å²) in [6.45, 7) is 0.756. The number of ether oxygens (including phenoxy) is 1. The quantitative estimate of drug-likeness (QED) is 0.585. The molecule has 1 aliphatic rings. The average Bonchev–Trinajstić information content (AvgIpc) is 1.89. The first-order chi connectivity index (χ1) is 4.65. The SMILES string of the molecule is O=C(O)C1(Cl)CCCOC1. The summed E-state index contributed by atoms with van der Waals surface area (Å²) < 4.78 is 4.93. The zero-order chi connectivity index (χ0) is 7.61. The van der Waals surface area contributed by atoms with E-state index in [1.807, 2.05) is 0 Å². The van der Waals surface area contributed by atoms with Gasteiger partial charge >= 0.3 is 5.97 Å². The smallest absolute Gasteiger partial charge is 0.327 e. The fourth-order valence-electron chi connectivity index (χ4n) is 0.929. The van der Waals surface area contributed by atoms with Crippen molar-refractivity contribution in [3.05, 3.63) is 0 Å². The van der Waals surface area contributed by atoms with Gasteiger partial charge in [-0.15, -0.1) is 11.6 Å². The van der Waals surface area contributed by atoms with E-state index in [0.29, 0.717) is 13.0 Å². The molecule has 1 N–H and O–H groups in total. The molecule has 0 saturated carbocycles. The highest BCUT2D eigenvalue weighted by molar-refractivity contribution is 6.33. The molecule has 1 rings (SSSR count). The first-order valence-electron chi connectivity index (χ1n) is 3.15. The third-order valence-corrected chi connectivity index (χ3v) is 2.04. The molecule has 1 saturated heterocycles. The molecule has 0 aromatic rings. The number of halogens is 1. The normalized spacial score (nSPS) is 33.7. The number of aliphatic carboxylic acids is 1. The van der Waals surface area contributed by atoms with Crippen LogP contribution in [0, 0.1) is 0 Å². The highest BCUT2D eigenvalue weighted by Gasteiger charge is 2.38. The third kappa shape index (κ3) is 1.41. The summed E-state index contributed by atoms with van der Waals surface area (Å²) in [5.41, 5.74) is 0. The average molecular weight is 165 g/mol. The molecular formula is C6H9ClO3. The van der Waals surface area contributed by atoms with Crippen LogP contribution >= 0.6 is 11.6 Å². The van der Waals surface area contributed by atoms with Gasteiger partial charge in [0.1, 0.15) is 0 Å². The molecule has 1 fully saturated rings. The van der Waals surface area contributed by atoms with E-state index < -0.39 is 10.8 Å². The first-order valence-corrected chi connectivity index (χ1v) is 3.53. The molecule has 0 aromatic heterocycles. The summed E-state index contributed by atoms with van der Waals surface area (Å²) >= 11 is 5.69. The van der Waals surface area contributed by atoms with Gasteiger partial charge in [-0.05, 0) is 12.8 Å². The number of carboxylic acid groups (broad SMARTS) is 1. The van der Waals surface area contributed by atoms with E-state index in [2.05, 4.69) is 0 Å². The van der Waals surface area contributed by atoms with E-state index in [0.717, 1.165) is 6.42 Å². The van der Waals surface area contributed by atoms with Crippen LogP contribution in [0.3, 0.4) is 0 Å². The molecule has 1 heterocycles. The van der Waals surface area contributed by atoms with Gasteiger partial charge in [-0.3, -0.25) is 4.79 Å². The van der Waals surface area contributed by atoms with Crippen LogP contribution in [0.5, 0.6) is 0 Å². The van der Waals surface area contributed by atoms with Gasteiger partial charge in [-0.25, -0.2) is 0 Å². The lowest BCUT2D eigenvalue weighted by Crippen LogP contribution is -2.40. The second kappa shape index (κ2) is 2.76. The zero-order valence-corrected chi connectivity index (χ0v) is 6.23. The fraction of sp³-hybridized carbons (Fsp3) is 0.833. The number of alkyl halides is 1. The molecule has 1 aliphatic heterocycles. The molecule has 0 bridgehead atoms. The summed E-state index contributed by atoms with van der Waals surface area (Å²) in [6, 6.07) is 0. The van der Waals surface area contributed by atoms with Crippen LogP contribution in [0.15, 0.2) is 0 Å². The molecule has 4 heteroatoms. The highest BCUT2D eigenvalue weighted by Crippen LogP contribution is 2.26. The maximum Gasteiger partial charge on any atom is 0.327 e. The van der Waals surface area contributed by atoms with E-state index in [1.54, 1.807) is 0 Å². The van der Waals surface area contributed by atoms with E-state index in [4.69, 9.17) is 21.4 Å². The Morgan fingerprint density at radius 2 is 2.40 bits per heavy atom. The molecule has 10 heavy (non-hydrogen) atoms. The number of carboxylic acids is 1. The number of hydrogen-bond donors (Lipinski definition) is 1. The fourth-order valence-corrected chi connectivity index (χ4v) is 1.14. The van der Waals surface area contributed by atoms with Gasteiger partial charge in [0, 0.05) is 6.61 Å². The van der Waals surface area contributed by atoms with Gasteiger partial charge in [0.2, 0.25) is 0 Å². The third-order valence-electron chi connectivity index (χ3n) is 1.58. The topological polar surface area (TPSA) is 46.5 Å². The van der Waals surface area contributed by atoms with Crippen LogP contribution in [0.4, 0.5) is 0 Å². The van der Waals surface area contributed by atoms with Crippen molar-refractivity contribution in [3.63, 3.8) is 0 Å². The largest absolute Gasteiger partial charge is 0.480 e. The molecule has 0 aromatic carbocycles. The predicted molar refractivity (Wildman–Crippen MR) is 36.3 cm³/mol. The molecule has 1 unspecified atom stereocenters. The first kappa shape index (κ1) is 7.82. The van der Waals surface area contributed by atoms with Gasteiger partial charge in [-0.1, -0.05) is 0 Å². The van der Waals surface area contributed by atoms with Crippen molar-refractivity contribution in [1.82, 2.24) is 0 Å². The van der Waals surface area contributed by atoms with Crippen LogP contribution < -0.4 is 0 Å². The minimum absolute atomic E-state index is 0.129. The minimum Gasteiger partial charge on any atom is -0.480 e. The van der Waals surface area contributed by atoms with Gasteiger partial charge in [-0.2, -0.15) is 0 Å². The monoisotopic (exact) mass is 164 g/mol. The van der Waals surface area contributed by atoms with Gasteiger partial charge in [0.05, 0.1) is 6.61 Å². The number of rotatable bonds is 1. The Labute approximate surface area is 63.9 Å². The highest BCUT2D eigenvalue weighted by atomic mass is 35.5. The molecule has 58 valence electrons. The van der Waals surface area contributed by atoms with Crippen LogP contribution in [0.1, 0.15) is 12.8 Å². The van der Waals surface area contributed by atoms with Crippen LogP contribution in [0.2, 0.25) is 0 Å². The van der Waals surface area contributed by atoms with Crippen LogP contribution in [-0.2, 0) is 9.53 Å². The van der Waals surface area contributed by atoms with Crippen molar-refractivity contribution in [3.8, 4) is 0 Å². The summed E-state index contributed by atoms with van der Waals surface area (Å²) in [5, 5.41) is 8.59. The van der Waals surface area contributed by atoms with Gasteiger partial charge in [0.15, 0.2) is 4.87 Å². The number of hydrogen-bond acceptors (Lipinski definition) is 2. The van der Waals surface area contributed by atoms with Gasteiger partial charge < -0.3 is 9.84 Å².